The van der Waals surface area contributed by atoms with Gasteiger partial charge in [0, 0.05) is 6.26 Å². The maximum Gasteiger partial charge on any atom is 1.00 e. The molecule has 0 fully saturated rings. The molecule has 56 heavy (non-hydrogen) atoms. The van der Waals surface area contributed by atoms with Crippen molar-refractivity contribution >= 4 is 83.6 Å². The summed E-state index contributed by atoms with van der Waals surface area (Å²) in [4.78, 5) is 52.6. The van der Waals surface area contributed by atoms with Gasteiger partial charge in [0.05, 0.1) is 52.8 Å². The van der Waals surface area contributed by atoms with Gasteiger partial charge in [0.25, 0.3) is 18.3 Å². The van der Waals surface area contributed by atoms with Gasteiger partial charge in [-0.25, -0.2) is 9.97 Å². The Morgan fingerprint density at radius 2 is 1.27 bits per heavy atom. The van der Waals surface area contributed by atoms with E-state index in [0.29, 0.717) is 54.9 Å². The van der Waals surface area contributed by atoms with Crippen LogP contribution in [-0.2, 0) is 20.5 Å². The number of carbonyl (C=O) groups excluding carboxylic acids is 3. The molecule has 0 saturated carbocycles. The second kappa shape index (κ2) is 25.9. The molecule has 0 aliphatic rings. The van der Waals surface area contributed by atoms with Crippen LogP contribution in [0.5, 0.6) is 6.01 Å². The van der Waals surface area contributed by atoms with Crippen LogP contribution in [0.2, 0.25) is 0 Å². The number of carbonyl (C=O) groups is 3. The van der Waals surface area contributed by atoms with E-state index in [1.54, 1.807) is 38.1 Å². The van der Waals surface area contributed by atoms with E-state index >= 15 is 0 Å². The van der Waals surface area contributed by atoms with Gasteiger partial charge in [-0.3, -0.25) is 18.6 Å². The third kappa shape index (κ3) is 13.9. The van der Waals surface area contributed by atoms with Crippen molar-refractivity contribution < 1.29 is 162 Å². The summed E-state index contributed by atoms with van der Waals surface area (Å²) in [7, 11) is -1.38. The molecule has 0 aliphatic carbocycles. The molecule has 6 aromatic rings. The number of aliphatic hydroxyl groups excluding tert-OH is 3. The maximum absolute atomic E-state index is 11.7. The molecule has 1 unspecified atom stereocenters. The Bertz CT molecular complexity index is 2250. The van der Waals surface area contributed by atoms with Crippen molar-refractivity contribution in [1.29, 1.82) is 0 Å². The summed E-state index contributed by atoms with van der Waals surface area (Å²) in [5.74, 6) is 1.07. The topological polar surface area (TPSA) is 352 Å². The molecule has 0 aromatic carbocycles. The first-order chi connectivity index (χ1) is 25.2. The van der Waals surface area contributed by atoms with Crippen molar-refractivity contribution in [1.82, 2.24) is 19.9 Å². The number of thiophene rings is 2. The quantitative estimate of drug-likeness (QED) is 0.0223. The number of nitrogens with two attached hydrogens (primary N) is 4. The number of aromatic nitrogens is 4. The Kier molecular flexibility index (Phi) is 24.9. The van der Waals surface area contributed by atoms with E-state index in [2.05, 4.69) is 24.8 Å². The fraction of sp³-hybridized carbons (Fsp3) is 0.258. The predicted octanol–water partition coefficient (Wildman–Crippen LogP) is -4.85. The summed E-state index contributed by atoms with van der Waals surface area (Å²) in [6, 6.07) is 7.11. The van der Waals surface area contributed by atoms with E-state index in [-0.39, 0.29) is 177 Å². The first-order valence-corrected chi connectivity index (χ1v) is 17.9. The maximum atomic E-state index is 11.7. The van der Waals surface area contributed by atoms with E-state index < -0.39 is 22.6 Å². The fourth-order valence-electron chi connectivity index (χ4n) is 4.18. The van der Waals surface area contributed by atoms with Crippen molar-refractivity contribution in [2.24, 2.45) is 11.5 Å². The Morgan fingerprint density at radius 3 is 1.61 bits per heavy atom. The number of hydrogen-bond donors (Lipinski definition) is 7. The van der Waals surface area contributed by atoms with Crippen molar-refractivity contribution in [3.63, 3.8) is 0 Å². The number of aryl methyl sites for hydroxylation is 2. The van der Waals surface area contributed by atoms with Crippen LogP contribution in [0.25, 0.3) is 43.3 Å². The van der Waals surface area contributed by atoms with E-state index in [9.17, 15) is 13.8 Å². The Labute approximate surface area is 416 Å². The molecule has 6 aromatic heterocycles. The van der Waals surface area contributed by atoms with Gasteiger partial charge < -0.3 is 63.4 Å². The van der Waals surface area contributed by atoms with E-state index in [0.717, 1.165) is 22.7 Å². The molecular formula is C31H38K2N8O12S3. The number of amides is 2. The van der Waals surface area contributed by atoms with Crippen LogP contribution >= 0.6 is 22.7 Å². The first kappa shape index (κ1) is 53.7. The standard InChI is InChI=1S/C14H14N4O4S.C13H12N4O3S2.C2H6O2.CH2O3.CH4.2K.H/c1-6-2-3-7(22-6)10-8-9(15)11(12(16)20)23-13(8)18-14(17-10)21-5-4-19;1-5-3-4-6(20-5)9-7-8(14)10(11(15)18)21-12(7)17-13(16-9)22(2)19;3-1-2-4;2-1-4-3;;;;/h2-3,19H,4-5,15H2,1H3,(H2,16,20);3-4H,14H2,1-2H3,(H2,15,18);3-4H,1-2H2;1,3H;1H4;;;/q;;;;;2*+1;-1/p-1. The minimum Gasteiger partial charge on any atom is -1.00 e. The molecule has 0 aliphatic heterocycles. The number of aliphatic hydroxyl groups is 3. The van der Waals surface area contributed by atoms with Crippen molar-refractivity contribution in [2.45, 2.75) is 26.4 Å². The number of rotatable bonds is 10. The summed E-state index contributed by atoms with van der Waals surface area (Å²) in [6.45, 7) is 3.05. The van der Waals surface area contributed by atoms with E-state index in [1.165, 1.54) is 6.26 Å². The zero-order chi connectivity index (χ0) is 39.4. The second-order valence-electron chi connectivity index (χ2n) is 9.97. The number of ether oxygens (including phenoxy) is 1. The Morgan fingerprint density at radius 1 is 0.839 bits per heavy atom. The molecule has 2 amide bonds. The van der Waals surface area contributed by atoms with Gasteiger partial charge in [-0.05, 0) is 38.1 Å². The minimum absolute atomic E-state index is 0. The zero-order valence-electron chi connectivity index (χ0n) is 31.1. The van der Waals surface area contributed by atoms with Crippen molar-refractivity contribution in [3.05, 3.63) is 45.5 Å². The van der Waals surface area contributed by atoms with Gasteiger partial charge in [0.15, 0.2) is 11.5 Å². The molecule has 0 radical (unpaired) electrons. The number of anilines is 2. The van der Waals surface area contributed by atoms with E-state index in [4.69, 9.17) is 61.9 Å². The van der Waals surface area contributed by atoms with Crippen LogP contribution in [0.4, 0.5) is 11.4 Å². The average Bonchev–Trinajstić information content (AvgIpc) is 3.93. The smallest absolute Gasteiger partial charge is 1.00 e. The van der Waals surface area contributed by atoms with Gasteiger partial charge in [-0.2, -0.15) is 9.97 Å². The molecule has 1 atom stereocenters. The number of nitrogens with zero attached hydrogens (tertiary/aromatic N) is 4. The molecule has 20 nitrogen and oxygen atoms in total. The third-order valence-corrected chi connectivity index (χ3v) is 9.17. The van der Waals surface area contributed by atoms with Gasteiger partial charge in [0.1, 0.15) is 48.9 Å². The van der Waals surface area contributed by atoms with Gasteiger partial charge in [-0.15, -0.1) is 22.7 Å². The number of fused-ring (bicyclic) bond motifs is 2. The van der Waals surface area contributed by atoms with Crippen LogP contribution < -0.4 is 136 Å². The normalized spacial score (nSPS) is 10.4. The van der Waals surface area contributed by atoms with Crippen LogP contribution in [0.15, 0.2) is 38.3 Å². The molecule has 0 saturated heterocycles. The SMILES string of the molecule is C.Cc1ccc(-c2nc(OCCO)nc3sc(C(N)=O)c(N)c23)o1.Cc1ccc(-c2nc(S(C)=O)nc3sc(C(N)=O)c(N)c23)o1.O=CO[O-].OCCO.[H-].[K+].[K+]. The summed E-state index contributed by atoms with van der Waals surface area (Å²) in [6.07, 6.45) is 1.48. The molecule has 0 spiro atoms. The van der Waals surface area contributed by atoms with E-state index in [1.807, 2.05) is 0 Å². The van der Waals surface area contributed by atoms with Gasteiger partial charge in [-0.1, -0.05) is 7.43 Å². The molecule has 6 heterocycles. The summed E-state index contributed by atoms with van der Waals surface area (Å²) in [5.41, 5.74) is 24.0. The molecule has 11 N–H and O–H groups in total. The molecule has 25 heteroatoms. The number of hydrogen-bond acceptors (Lipinski definition) is 20. The second-order valence-corrected chi connectivity index (χ2v) is 13.2. The largest absolute Gasteiger partial charge is 1.00 e. The summed E-state index contributed by atoms with van der Waals surface area (Å²) in [5, 5.41) is 33.7. The van der Waals surface area contributed by atoms with Gasteiger partial charge >= 0.3 is 109 Å². The van der Waals surface area contributed by atoms with Crippen LogP contribution in [0.1, 0.15) is 39.7 Å². The minimum atomic E-state index is -1.38. The third-order valence-electron chi connectivity index (χ3n) is 6.25. The molecule has 294 valence electrons. The van der Waals surface area contributed by atoms with Gasteiger partial charge in [0.2, 0.25) is 5.16 Å². The van der Waals surface area contributed by atoms with Crippen LogP contribution in [-0.4, -0.2) is 90.4 Å². The number of furan rings is 2. The number of nitrogen functional groups attached to an aromatic ring is 2. The monoisotopic (exact) mass is 888 g/mol. The van der Waals surface area contributed by atoms with Crippen molar-refractivity contribution in [3.8, 4) is 28.9 Å². The fourth-order valence-corrected chi connectivity index (χ4v) is 6.56. The van der Waals surface area contributed by atoms with Crippen molar-refractivity contribution in [2.75, 3.05) is 44.2 Å². The average molecular weight is 889 g/mol. The summed E-state index contributed by atoms with van der Waals surface area (Å²) < 4.78 is 28.2. The molecule has 0 bridgehead atoms. The van der Waals surface area contributed by atoms with Crippen LogP contribution in [0.3, 0.4) is 0 Å². The number of primary amides is 2. The summed E-state index contributed by atoms with van der Waals surface area (Å²) >= 11 is 2.11. The Balaban J connectivity index is 0. The first-order valence-electron chi connectivity index (χ1n) is 14.7. The predicted molar refractivity (Wildman–Crippen MR) is 200 cm³/mol. The van der Waals surface area contributed by atoms with Crippen LogP contribution in [0, 0.1) is 13.8 Å². The zero-order valence-corrected chi connectivity index (χ0v) is 38.7. The molecule has 6 rings (SSSR count). The Hall–Kier alpha value is -2.29. The molecular weight excluding hydrogens is 851 g/mol.